The van der Waals surface area contributed by atoms with Crippen molar-refractivity contribution in [2.45, 2.75) is 31.3 Å². The first-order valence-electron chi connectivity index (χ1n) is 9.38. The van der Waals surface area contributed by atoms with Crippen LogP contribution in [0.5, 0.6) is 11.5 Å². The molecule has 0 spiro atoms. The SMILES string of the molecule is COc1ccc2c(c1)OC[C@]1(C(=O)O)CN(Cc3cncn3C3CC3)C[C@H]21. The molecule has 1 aromatic heterocycles. The molecule has 1 N–H and O–H groups in total. The topological polar surface area (TPSA) is 76.8 Å². The average molecular weight is 369 g/mol. The highest BCUT2D eigenvalue weighted by Crippen LogP contribution is 2.50. The Labute approximate surface area is 157 Å². The molecule has 1 aromatic carbocycles. The molecule has 2 aromatic rings. The van der Waals surface area contributed by atoms with Gasteiger partial charge in [-0.3, -0.25) is 9.69 Å². The van der Waals surface area contributed by atoms with Crippen molar-refractivity contribution in [3.05, 3.63) is 42.0 Å². The molecule has 0 unspecified atom stereocenters. The minimum atomic E-state index is -0.911. The van der Waals surface area contributed by atoms with Crippen LogP contribution in [-0.4, -0.2) is 52.3 Å². The van der Waals surface area contributed by atoms with Crippen LogP contribution in [0.25, 0.3) is 0 Å². The molecule has 3 aliphatic rings. The van der Waals surface area contributed by atoms with E-state index in [1.54, 1.807) is 7.11 Å². The van der Waals surface area contributed by atoms with Crippen molar-refractivity contribution in [3.63, 3.8) is 0 Å². The summed E-state index contributed by atoms with van der Waals surface area (Å²) < 4.78 is 13.4. The Hall–Kier alpha value is -2.54. The zero-order valence-corrected chi connectivity index (χ0v) is 15.3. The summed E-state index contributed by atoms with van der Waals surface area (Å²) in [5, 5.41) is 10.1. The van der Waals surface area contributed by atoms with Gasteiger partial charge in [-0.15, -0.1) is 0 Å². The summed E-state index contributed by atoms with van der Waals surface area (Å²) >= 11 is 0. The molecule has 0 amide bonds. The third-order valence-electron chi connectivity index (χ3n) is 6.19. The standard InChI is InChI=1S/C20H23N3O4/c1-26-15-4-5-16-17-9-22(8-14-7-21-12-23(14)13-2-3-13)10-20(17,19(24)25)11-27-18(16)6-15/h4-7,12-13,17H,2-3,8-11H2,1H3,(H,24,25)/t17-,20-/m1/s1. The average Bonchev–Trinajstić information content (AvgIpc) is 3.28. The van der Waals surface area contributed by atoms with Gasteiger partial charge in [-0.2, -0.15) is 0 Å². The predicted molar refractivity (Wildman–Crippen MR) is 97.1 cm³/mol. The van der Waals surface area contributed by atoms with Crippen LogP contribution in [0, 0.1) is 5.41 Å². The highest BCUT2D eigenvalue weighted by Gasteiger charge is 2.56. The van der Waals surface area contributed by atoms with E-state index in [4.69, 9.17) is 9.47 Å². The Morgan fingerprint density at radius 2 is 2.30 bits per heavy atom. The quantitative estimate of drug-likeness (QED) is 0.871. The van der Waals surface area contributed by atoms with Gasteiger partial charge < -0.3 is 19.1 Å². The molecule has 2 atom stereocenters. The second-order valence-electron chi connectivity index (χ2n) is 7.90. The number of aliphatic carboxylic acids is 1. The van der Waals surface area contributed by atoms with Crippen LogP contribution in [0.3, 0.4) is 0 Å². The second-order valence-corrected chi connectivity index (χ2v) is 7.90. The van der Waals surface area contributed by atoms with Crippen LogP contribution in [0.15, 0.2) is 30.7 Å². The van der Waals surface area contributed by atoms with Crippen molar-refractivity contribution in [3.8, 4) is 11.5 Å². The zero-order chi connectivity index (χ0) is 18.6. The molecule has 1 saturated heterocycles. The third-order valence-corrected chi connectivity index (χ3v) is 6.19. The van der Waals surface area contributed by atoms with Gasteiger partial charge in [0.05, 0.1) is 19.1 Å². The van der Waals surface area contributed by atoms with Gasteiger partial charge >= 0.3 is 5.97 Å². The molecule has 2 aliphatic heterocycles. The number of likely N-dealkylation sites (tertiary alicyclic amines) is 1. The minimum Gasteiger partial charge on any atom is -0.497 e. The number of rotatable bonds is 5. The number of hydrogen-bond acceptors (Lipinski definition) is 5. The fraction of sp³-hybridized carbons (Fsp3) is 0.500. The van der Waals surface area contributed by atoms with Crippen molar-refractivity contribution < 1.29 is 19.4 Å². The van der Waals surface area contributed by atoms with Crippen LogP contribution in [0.1, 0.15) is 36.1 Å². The van der Waals surface area contributed by atoms with Crippen LogP contribution < -0.4 is 9.47 Å². The van der Waals surface area contributed by atoms with Crippen molar-refractivity contribution >= 4 is 5.97 Å². The molecule has 7 heteroatoms. The van der Waals surface area contributed by atoms with Gasteiger partial charge in [0.15, 0.2) is 0 Å². The summed E-state index contributed by atoms with van der Waals surface area (Å²) in [6.45, 7) is 2.08. The molecular weight excluding hydrogens is 346 g/mol. The van der Waals surface area contributed by atoms with Gasteiger partial charge in [-0.1, -0.05) is 6.07 Å². The molecule has 142 valence electrons. The lowest BCUT2D eigenvalue weighted by molar-refractivity contribution is -0.151. The number of nitrogens with zero attached hydrogens (tertiary/aromatic N) is 3. The van der Waals surface area contributed by atoms with E-state index in [0.717, 1.165) is 22.8 Å². The maximum Gasteiger partial charge on any atom is 0.315 e. The number of carbonyl (C=O) groups is 1. The molecular formula is C20H23N3O4. The number of methoxy groups -OCH3 is 1. The largest absolute Gasteiger partial charge is 0.497 e. The van der Waals surface area contributed by atoms with E-state index < -0.39 is 11.4 Å². The molecule has 7 nitrogen and oxygen atoms in total. The van der Waals surface area contributed by atoms with Crippen molar-refractivity contribution in [2.75, 3.05) is 26.8 Å². The number of fused-ring (bicyclic) bond motifs is 3. The fourth-order valence-electron chi connectivity index (χ4n) is 4.57. The van der Waals surface area contributed by atoms with E-state index in [0.29, 0.717) is 25.7 Å². The lowest BCUT2D eigenvalue weighted by Gasteiger charge is -2.36. The highest BCUT2D eigenvalue weighted by atomic mass is 16.5. The molecule has 5 rings (SSSR count). The van der Waals surface area contributed by atoms with Gasteiger partial charge in [0, 0.05) is 49.4 Å². The zero-order valence-electron chi connectivity index (χ0n) is 15.3. The number of carboxylic acid groups (broad SMARTS) is 1. The van der Waals surface area contributed by atoms with E-state index in [2.05, 4.69) is 14.5 Å². The summed E-state index contributed by atoms with van der Waals surface area (Å²) in [6, 6.07) is 6.25. The van der Waals surface area contributed by atoms with Crippen LogP contribution >= 0.6 is 0 Å². The van der Waals surface area contributed by atoms with E-state index in [9.17, 15) is 9.90 Å². The summed E-state index contributed by atoms with van der Waals surface area (Å²) in [7, 11) is 1.62. The summed E-state index contributed by atoms with van der Waals surface area (Å²) in [5.74, 6) is 0.579. The van der Waals surface area contributed by atoms with Gasteiger partial charge in [-0.25, -0.2) is 4.98 Å². The minimum absolute atomic E-state index is 0.0954. The highest BCUT2D eigenvalue weighted by molar-refractivity contribution is 5.78. The van der Waals surface area contributed by atoms with Gasteiger partial charge in [-0.05, 0) is 18.9 Å². The normalized spacial score (nSPS) is 26.9. The number of carboxylic acids is 1. The van der Waals surface area contributed by atoms with Crippen LogP contribution in [0.4, 0.5) is 0 Å². The first kappa shape index (κ1) is 16.6. The fourth-order valence-corrected chi connectivity index (χ4v) is 4.57. The number of hydrogen-bond donors (Lipinski definition) is 1. The molecule has 1 saturated carbocycles. The molecule has 0 bridgehead atoms. The molecule has 3 heterocycles. The lowest BCUT2D eigenvalue weighted by Crippen LogP contribution is -2.45. The Morgan fingerprint density at radius 3 is 3.04 bits per heavy atom. The Balaban J connectivity index is 1.45. The second kappa shape index (κ2) is 5.99. The summed E-state index contributed by atoms with van der Waals surface area (Å²) in [6.07, 6.45) is 6.21. The molecule has 2 fully saturated rings. The van der Waals surface area contributed by atoms with Crippen molar-refractivity contribution in [1.29, 1.82) is 0 Å². The molecule has 0 radical (unpaired) electrons. The van der Waals surface area contributed by atoms with Crippen molar-refractivity contribution in [2.24, 2.45) is 5.41 Å². The van der Waals surface area contributed by atoms with E-state index in [1.165, 1.54) is 12.8 Å². The summed E-state index contributed by atoms with van der Waals surface area (Å²) in [5.41, 5.74) is 1.21. The Kier molecular flexibility index (Phi) is 3.69. The first-order chi connectivity index (χ1) is 13.1. The number of ether oxygens (including phenoxy) is 2. The first-order valence-corrected chi connectivity index (χ1v) is 9.38. The van der Waals surface area contributed by atoms with Gasteiger partial charge in [0.2, 0.25) is 0 Å². The van der Waals surface area contributed by atoms with Crippen molar-refractivity contribution in [1.82, 2.24) is 14.5 Å². The van der Waals surface area contributed by atoms with Gasteiger partial charge in [0.25, 0.3) is 0 Å². The van der Waals surface area contributed by atoms with E-state index >= 15 is 0 Å². The third kappa shape index (κ3) is 2.60. The molecule has 27 heavy (non-hydrogen) atoms. The van der Waals surface area contributed by atoms with Crippen LogP contribution in [-0.2, 0) is 11.3 Å². The summed E-state index contributed by atoms with van der Waals surface area (Å²) in [4.78, 5) is 18.8. The number of benzene rings is 1. The smallest absolute Gasteiger partial charge is 0.315 e. The van der Waals surface area contributed by atoms with E-state index in [1.807, 2.05) is 30.7 Å². The number of imidazole rings is 1. The van der Waals surface area contributed by atoms with Crippen LogP contribution in [0.2, 0.25) is 0 Å². The maximum atomic E-state index is 12.3. The predicted octanol–water partition coefficient (Wildman–Crippen LogP) is 2.29. The van der Waals surface area contributed by atoms with E-state index in [-0.39, 0.29) is 12.5 Å². The lowest BCUT2D eigenvalue weighted by atomic mass is 9.73. The number of aromatic nitrogens is 2. The Morgan fingerprint density at radius 1 is 1.44 bits per heavy atom. The Bertz CT molecular complexity index is 891. The van der Waals surface area contributed by atoms with Gasteiger partial charge in [0.1, 0.15) is 23.5 Å². The maximum absolute atomic E-state index is 12.3. The monoisotopic (exact) mass is 369 g/mol. The molecule has 1 aliphatic carbocycles.